The molecule has 0 aromatic heterocycles. The number of hydrogen-bond donors (Lipinski definition) is 1. The standard InChI is InChI=1S/C13H16F3NO2/c1-9(8-17)6-11(18)7-10-2-4-12(5-3-10)19-13(14,15)16/h2-5,9H,6-8,17H2,1H3. The zero-order chi connectivity index (χ0) is 14.5. The minimum Gasteiger partial charge on any atom is -0.406 e. The van der Waals surface area contributed by atoms with Crippen LogP contribution in [0.4, 0.5) is 13.2 Å². The van der Waals surface area contributed by atoms with Crippen molar-refractivity contribution >= 4 is 5.78 Å². The molecule has 1 atom stereocenters. The molecule has 19 heavy (non-hydrogen) atoms. The van der Waals surface area contributed by atoms with Crippen molar-refractivity contribution in [1.82, 2.24) is 0 Å². The van der Waals surface area contributed by atoms with Gasteiger partial charge in [-0.25, -0.2) is 0 Å². The molecule has 1 rings (SSSR count). The Morgan fingerprint density at radius 1 is 1.32 bits per heavy atom. The van der Waals surface area contributed by atoms with Crippen LogP contribution in [0.5, 0.6) is 5.75 Å². The molecule has 0 aliphatic rings. The second kappa shape index (κ2) is 6.56. The van der Waals surface area contributed by atoms with Gasteiger partial charge in [0, 0.05) is 12.8 Å². The van der Waals surface area contributed by atoms with E-state index in [1.165, 1.54) is 24.3 Å². The summed E-state index contributed by atoms with van der Waals surface area (Å²) in [6.45, 7) is 2.31. The minimum absolute atomic E-state index is 0.0161. The molecular weight excluding hydrogens is 259 g/mol. The molecule has 0 saturated heterocycles. The van der Waals surface area contributed by atoms with Crippen molar-refractivity contribution < 1.29 is 22.7 Å². The van der Waals surface area contributed by atoms with Gasteiger partial charge in [0.25, 0.3) is 0 Å². The lowest BCUT2D eigenvalue weighted by molar-refractivity contribution is -0.274. The van der Waals surface area contributed by atoms with Crippen molar-refractivity contribution in [3.63, 3.8) is 0 Å². The molecule has 0 amide bonds. The van der Waals surface area contributed by atoms with Crippen molar-refractivity contribution in [1.29, 1.82) is 0 Å². The summed E-state index contributed by atoms with van der Waals surface area (Å²) >= 11 is 0. The maximum absolute atomic E-state index is 11.9. The zero-order valence-corrected chi connectivity index (χ0v) is 10.5. The summed E-state index contributed by atoms with van der Waals surface area (Å²) in [5, 5.41) is 0. The van der Waals surface area contributed by atoms with Gasteiger partial charge >= 0.3 is 6.36 Å². The van der Waals surface area contributed by atoms with Crippen molar-refractivity contribution in [2.24, 2.45) is 11.7 Å². The molecule has 1 unspecified atom stereocenters. The number of hydrogen-bond acceptors (Lipinski definition) is 3. The highest BCUT2D eigenvalue weighted by Gasteiger charge is 2.30. The Hall–Kier alpha value is -1.56. The van der Waals surface area contributed by atoms with Crippen LogP contribution in [0.15, 0.2) is 24.3 Å². The summed E-state index contributed by atoms with van der Waals surface area (Å²) in [7, 11) is 0. The van der Waals surface area contributed by atoms with Crippen LogP contribution < -0.4 is 10.5 Å². The van der Waals surface area contributed by atoms with E-state index in [0.29, 0.717) is 18.5 Å². The summed E-state index contributed by atoms with van der Waals surface area (Å²) in [5.41, 5.74) is 6.07. The SMILES string of the molecule is CC(CN)CC(=O)Cc1ccc(OC(F)(F)F)cc1. The predicted molar refractivity (Wildman–Crippen MR) is 64.7 cm³/mol. The van der Waals surface area contributed by atoms with E-state index >= 15 is 0 Å². The fourth-order valence-corrected chi connectivity index (χ4v) is 1.58. The number of Topliss-reactive ketones (excluding diaryl/α,β-unsaturated/α-hetero) is 1. The summed E-state index contributed by atoms with van der Waals surface area (Å²) in [5.74, 6) is -0.165. The van der Waals surface area contributed by atoms with Crippen LogP contribution in [0, 0.1) is 5.92 Å². The van der Waals surface area contributed by atoms with Gasteiger partial charge in [-0.2, -0.15) is 0 Å². The van der Waals surface area contributed by atoms with Gasteiger partial charge in [-0.1, -0.05) is 19.1 Å². The molecule has 0 aliphatic heterocycles. The Balaban J connectivity index is 2.55. The molecule has 0 saturated carbocycles. The van der Waals surface area contributed by atoms with Gasteiger partial charge in [-0.05, 0) is 30.2 Å². The van der Waals surface area contributed by atoms with Crippen LogP contribution in [-0.2, 0) is 11.2 Å². The normalized spacial score (nSPS) is 13.1. The number of ether oxygens (including phenoxy) is 1. The summed E-state index contributed by atoms with van der Waals surface area (Å²) in [6.07, 6.45) is -4.14. The molecule has 106 valence electrons. The van der Waals surface area contributed by atoms with E-state index in [1.807, 2.05) is 6.92 Å². The van der Waals surface area contributed by atoms with Gasteiger partial charge in [0.2, 0.25) is 0 Å². The molecule has 1 aromatic rings. The number of benzene rings is 1. The fourth-order valence-electron chi connectivity index (χ4n) is 1.58. The average Bonchev–Trinajstić information content (AvgIpc) is 2.29. The van der Waals surface area contributed by atoms with E-state index in [2.05, 4.69) is 4.74 Å². The number of rotatable bonds is 6. The smallest absolute Gasteiger partial charge is 0.406 e. The number of nitrogens with two attached hydrogens (primary N) is 1. The van der Waals surface area contributed by atoms with E-state index in [1.54, 1.807) is 0 Å². The first-order valence-corrected chi connectivity index (χ1v) is 5.86. The number of ketones is 1. The molecule has 0 aliphatic carbocycles. The lowest BCUT2D eigenvalue weighted by Crippen LogP contribution is -2.17. The molecule has 0 bridgehead atoms. The Bertz CT molecular complexity index is 415. The van der Waals surface area contributed by atoms with Crippen LogP contribution in [0.3, 0.4) is 0 Å². The Morgan fingerprint density at radius 2 is 1.89 bits per heavy atom. The maximum atomic E-state index is 11.9. The zero-order valence-electron chi connectivity index (χ0n) is 10.5. The highest BCUT2D eigenvalue weighted by atomic mass is 19.4. The third kappa shape index (κ3) is 6.24. The molecular formula is C13H16F3NO2. The van der Waals surface area contributed by atoms with Crippen LogP contribution >= 0.6 is 0 Å². The van der Waals surface area contributed by atoms with Crippen LogP contribution in [-0.4, -0.2) is 18.7 Å². The van der Waals surface area contributed by atoms with Gasteiger partial charge in [-0.15, -0.1) is 13.2 Å². The molecule has 3 nitrogen and oxygen atoms in total. The van der Waals surface area contributed by atoms with Crippen molar-refractivity contribution in [3.05, 3.63) is 29.8 Å². The minimum atomic E-state index is -4.70. The highest BCUT2D eigenvalue weighted by molar-refractivity contribution is 5.81. The summed E-state index contributed by atoms with van der Waals surface area (Å²) < 4.78 is 39.6. The van der Waals surface area contributed by atoms with Crippen molar-refractivity contribution in [2.75, 3.05) is 6.54 Å². The van der Waals surface area contributed by atoms with Gasteiger partial charge in [0.05, 0.1) is 0 Å². The largest absolute Gasteiger partial charge is 0.573 e. The monoisotopic (exact) mass is 275 g/mol. The third-order valence-electron chi connectivity index (χ3n) is 2.54. The third-order valence-corrected chi connectivity index (χ3v) is 2.54. The highest BCUT2D eigenvalue weighted by Crippen LogP contribution is 2.23. The van der Waals surface area contributed by atoms with E-state index < -0.39 is 6.36 Å². The Kier molecular flexibility index (Phi) is 5.35. The summed E-state index contributed by atoms with van der Waals surface area (Å²) in [6, 6.07) is 5.29. The van der Waals surface area contributed by atoms with E-state index in [9.17, 15) is 18.0 Å². The van der Waals surface area contributed by atoms with E-state index in [-0.39, 0.29) is 23.9 Å². The lowest BCUT2D eigenvalue weighted by atomic mass is 10.00. The predicted octanol–water partition coefficient (Wildman–Crippen LogP) is 2.68. The van der Waals surface area contributed by atoms with Crippen LogP contribution in [0.2, 0.25) is 0 Å². The Labute approximate surface area is 109 Å². The first-order chi connectivity index (χ1) is 8.80. The number of halogens is 3. The molecule has 2 N–H and O–H groups in total. The van der Waals surface area contributed by atoms with Gasteiger partial charge < -0.3 is 10.5 Å². The topological polar surface area (TPSA) is 52.3 Å². The first kappa shape index (κ1) is 15.5. The van der Waals surface area contributed by atoms with Gasteiger partial charge in [0.1, 0.15) is 11.5 Å². The molecule has 0 fully saturated rings. The molecule has 6 heteroatoms. The molecule has 0 spiro atoms. The fraction of sp³-hybridized carbons (Fsp3) is 0.462. The number of carbonyl (C=O) groups excluding carboxylic acids is 1. The van der Waals surface area contributed by atoms with Crippen LogP contribution in [0.1, 0.15) is 18.9 Å². The second-order valence-corrected chi connectivity index (χ2v) is 4.45. The van der Waals surface area contributed by atoms with Crippen molar-refractivity contribution in [2.45, 2.75) is 26.1 Å². The average molecular weight is 275 g/mol. The van der Waals surface area contributed by atoms with Crippen LogP contribution in [0.25, 0.3) is 0 Å². The van der Waals surface area contributed by atoms with Crippen molar-refractivity contribution in [3.8, 4) is 5.75 Å². The molecule has 1 aromatic carbocycles. The van der Waals surface area contributed by atoms with Gasteiger partial charge in [0.15, 0.2) is 0 Å². The first-order valence-electron chi connectivity index (χ1n) is 5.86. The quantitative estimate of drug-likeness (QED) is 0.868. The number of alkyl halides is 3. The number of carbonyl (C=O) groups is 1. The lowest BCUT2D eigenvalue weighted by Gasteiger charge is -2.10. The summed E-state index contributed by atoms with van der Waals surface area (Å²) in [4.78, 5) is 11.6. The molecule has 0 heterocycles. The van der Waals surface area contributed by atoms with Gasteiger partial charge in [-0.3, -0.25) is 4.79 Å². The Morgan fingerprint density at radius 3 is 2.37 bits per heavy atom. The van der Waals surface area contributed by atoms with E-state index in [4.69, 9.17) is 5.73 Å². The maximum Gasteiger partial charge on any atom is 0.573 e. The second-order valence-electron chi connectivity index (χ2n) is 4.45. The van der Waals surface area contributed by atoms with E-state index in [0.717, 1.165) is 0 Å². The molecule has 0 radical (unpaired) electrons.